The quantitative estimate of drug-likeness (QED) is 0.684. The Hall–Kier alpha value is -3.84. The van der Waals surface area contributed by atoms with Crippen molar-refractivity contribution in [2.75, 3.05) is 11.5 Å². The molecule has 0 spiro atoms. The fourth-order valence-corrected chi connectivity index (χ4v) is 3.68. The second kappa shape index (κ2) is 6.96. The molecule has 7 heteroatoms. The molecule has 4 rings (SSSR count). The molecule has 0 aliphatic heterocycles. The SMILES string of the molecule is Nc1ccc(CNCc2ccc(N)c3c2C(=O)C=CC3=O)c2c1C(=O)C=CC2=O. The maximum Gasteiger partial charge on any atom is 0.188 e. The molecule has 0 saturated heterocycles. The van der Waals surface area contributed by atoms with Gasteiger partial charge in [-0.05, 0) is 47.6 Å². The molecule has 7 nitrogen and oxygen atoms in total. The van der Waals surface area contributed by atoms with Crippen LogP contribution in [0.25, 0.3) is 0 Å². The van der Waals surface area contributed by atoms with Crippen molar-refractivity contribution in [1.82, 2.24) is 5.32 Å². The number of anilines is 2. The van der Waals surface area contributed by atoms with Crippen LogP contribution in [0.5, 0.6) is 0 Å². The van der Waals surface area contributed by atoms with E-state index in [0.29, 0.717) is 22.3 Å². The van der Waals surface area contributed by atoms with Gasteiger partial charge in [-0.2, -0.15) is 0 Å². The number of carbonyl (C=O) groups excluding carboxylic acids is 4. The number of carbonyl (C=O) groups is 4. The van der Waals surface area contributed by atoms with Crippen LogP contribution in [0.4, 0.5) is 11.4 Å². The van der Waals surface area contributed by atoms with Gasteiger partial charge in [0.2, 0.25) is 0 Å². The van der Waals surface area contributed by atoms with Gasteiger partial charge >= 0.3 is 0 Å². The molecule has 0 fully saturated rings. The van der Waals surface area contributed by atoms with E-state index in [1.54, 1.807) is 24.3 Å². The highest BCUT2D eigenvalue weighted by molar-refractivity contribution is 6.25. The minimum Gasteiger partial charge on any atom is -0.398 e. The van der Waals surface area contributed by atoms with E-state index < -0.39 is 0 Å². The number of rotatable bonds is 4. The molecule has 0 unspecified atom stereocenters. The van der Waals surface area contributed by atoms with Crippen molar-refractivity contribution in [3.8, 4) is 0 Å². The predicted molar refractivity (Wildman–Crippen MR) is 108 cm³/mol. The van der Waals surface area contributed by atoms with E-state index >= 15 is 0 Å². The van der Waals surface area contributed by atoms with Crippen LogP contribution in [0, 0.1) is 0 Å². The molecular formula is C22H17N3O4. The normalized spacial score (nSPS) is 14.9. The van der Waals surface area contributed by atoms with E-state index in [0.717, 1.165) is 0 Å². The maximum absolute atomic E-state index is 12.3. The highest BCUT2D eigenvalue weighted by Crippen LogP contribution is 2.28. The summed E-state index contributed by atoms with van der Waals surface area (Å²) in [6.07, 6.45) is 4.91. The summed E-state index contributed by atoms with van der Waals surface area (Å²) < 4.78 is 0. The number of ketones is 4. The molecule has 2 aromatic rings. The second-order valence-corrected chi connectivity index (χ2v) is 6.86. The Balaban J connectivity index is 1.61. The van der Waals surface area contributed by atoms with E-state index in [4.69, 9.17) is 11.5 Å². The van der Waals surface area contributed by atoms with Crippen LogP contribution >= 0.6 is 0 Å². The van der Waals surface area contributed by atoms with Crippen LogP contribution in [-0.4, -0.2) is 23.1 Å². The number of hydrogen-bond donors (Lipinski definition) is 3. The van der Waals surface area contributed by atoms with Gasteiger partial charge in [-0.1, -0.05) is 12.1 Å². The lowest BCUT2D eigenvalue weighted by atomic mass is 9.88. The first-order valence-corrected chi connectivity index (χ1v) is 8.95. The predicted octanol–water partition coefficient (Wildman–Crippen LogP) is 2.01. The van der Waals surface area contributed by atoms with Crippen molar-refractivity contribution in [2.24, 2.45) is 0 Å². The third kappa shape index (κ3) is 3.07. The van der Waals surface area contributed by atoms with Gasteiger partial charge in [0.1, 0.15) is 0 Å². The Morgan fingerprint density at radius 1 is 0.552 bits per heavy atom. The zero-order chi connectivity index (χ0) is 20.7. The van der Waals surface area contributed by atoms with Crippen molar-refractivity contribution in [3.63, 3.8) is 0 Å². The summed E-state index contributed by atoms with van der Waals surface area (Å²) in [5.74, 6) is -1.16. The van der Waals surface area contributed by atoms with Gasteiger partial charge in [-0.15, -0.1) is 0 Å². The summed E-state index contributed by atoms with van der Waals surface area (Å²) >= 11 is 0. The van der Waals surface area contributed by atoms with E-state index in [9.17, 15) is 19.2 Å². The summed E-state index contributed by atoms with van der Waals surface area (Å²) in [5, 5.41) is 3.17. The molecule has 5 N–H and O–H groups in total. The Kier molecular flexibility index (Phi) is 4.44. The average Bonchev–Trinajstić information content (AvgIpc) is 2.70. The van der Waals surface area contributed by atoms with Gasteiger partial charge in [-0.25, -0.2) is 0 Å². The molecule has 2 aromatic carbocycles. The van der Waals surface area contributed by atoms with Crippen molar-refractivity contribution in [3.05, 3.63) is 82.0 Å². The van der Waals surface area contributed by atoms with E-state index in [1.165, 1.54) is 24.3 Å². The number of fused-ring (bicyclic) bond motifs is 2. The van der Waals surface area contributed by atoms with E-state index in [2.05, 4.69) is 5.32 Å². The van der Waals surface area contributed by atoms with Crippen LogP contribution in [-0.2, 0) is 13.1 Å². The van der Waals surface area contributed by atoms with Crippen LogP contribution < -0.4 is 16.8 Å². The van der Waals surface area contributed by atoms with Gasteiger partial charge in [0.25, 0.3) is 0 Å². The summed E-state index contributed by atoms with van der Waals surface area (Å²) in [6.45, 7) is 0.541. The topological polar surface area (TPSA) is 132 Å². The van der Waals surface area contributed by atoms with Gasteiger partial charge in [0.15, 0.2) is 23.1 Å². The van der Waals surface area contributed by atoms with Gasteiger partial charge in [0.05, 0.1) is 11.1 Å². The van der Waals surface area contributed by atoms with Crippen LogP contribution in [0.2, 0.25) is 0 Å². The van der Waals surface area contributed by atoms with E-state index in [1.807, 2.05) is 0 Å². The maximum atomic E-state index is 12.3. The number of allylic oxidation sites excluding steroid dienone is 4. The monoisotopic (exact) mass is 387 g/mol. The third-order valence-corrected chi connectivity index (χ3v) is 5.04. The molecule has 0 saturated carbocycles. The second-order valence-electron chi connectivity index (χ2n) is 6.86. The van der Waals surface area contributed by atoms with E-state index in [-0.39, 0.29) is 58.7 Å². The molecule has 0 aromatic heterocycles. The summed E-state index contributed by atoms with van der Waals surface area (Å²) in [6, 6.07) is 6.58. The lowest BCUT2D eigenvalue weighted by molar-refractivity contribution is 0.0993. The highest BCUT2D eigenvalue weighted by atomic mass is 16.1. The molecule has 0 amide bonds. The van der Waals surface area contributed by atoms with Crippen molar-refractivity contribution >= 4 is 34.5 Å². The van der Waals surface area contributed by atoms with Gasteiger partial charge < -0.3 is 16.8 Å². The van der Waals surface area contributed by atoms with Crippen LogP contribution in [0.15, 0.2) is 48.6 Å². The van der Waals surface area contributed by atoms with Crippen molar-refractivity contribution < 1.29 is 19.2 Å². The molecule has 0 radical (unpaired) electrons. The number of nitrogens with two attached hydrogens (primary N) is 2. The Bertz CT molecular complexity index is 1080. The van der Waals surface area contributed by atoms with Crippen LogP contribution in [0.1, 0.15) is 52.6 Å². The fourth-order valence-electron chi connectivity index (χ4n) is 3.68. The highest BCUT2D eigenvalue weighted by Gasteiger charge is 2.26. The average molecular weight is 387 g/mol. The van der Waals surface area contributed by atoms with Crippen molar-refractivity contribution in [2.45, 2.75) is 13.1 Å². The van der Waals surface area contributed by atoms with Gasteiger partial charge in [-0.3, -0.25) is 19.2 Å². The summed E-state index contributed by atoms with van der Waals surface area (Å²) in [7, 11) is 0. The Labute approximate surface area is 166 Å². The smallest absolute Gasteiger partial charge is 0.188 e. The Morgan fingerprint density at radius 2 is 0.897 bits per heavy atom. The lowest BCUT2D eigenvalue weighted by Crippen LogP contribution is -2.23. The molecule has 0 atom stereocenters. The summed E-state index contributed by atoms with van der Waals surface area (Å²) in [5.41, 5.74) is 14.6. The molecule has 144 valence electrons. The molecular weight excluding hydrogens is 370 g/mol. The van der Waals surface area contributed by atoms with Crippen LogP contribution in [0.3, 0.4) is 0 Å². The number of benzene rings is 2. The minimum atomic E-state index is -0.303. The third-order valence-electron chi connectivity index (χ3n) is 5.04. The first-order valence-electron chi connectivity index (χ1n) is 8.95. The van der Waals surface area contributed by atoms with Gasteiger partial charge in [0, 0.05) is 35.6 Å². The fraction of sp³-hybridized carbons (Fsp3) is 0.0909. The number of nitrogens with one attached hydrogen (secondary N) is 1. The molecule has 2 aliphatic rings. The number of nitrogen functional groups attached to an aromatic ring is 2. The standard InChI is InChI=1S/C22H17N3O4/c23-13-3-1-11(19-15(26)5-7-17(28)21(13)19)9-25-10-12-2-4-14(24)22-18(29)8-6-16(27)20(12)22/h1-8,25H,9-10,23-24H2. The Morgan fingerprint density at radius 3 is 1.28 bits per heavy atom. The van der Waals surface area contributed by atoms with Crippen molar-refractivity contribution in [1.29, 1.82) is 0 Å². The lowest BCUT2D eigenvalue weighted by Gasteiger charge is -2.18. The minimum absolute atomic E-state index is 0.215. The molecule has 0 bridgehead atoms. The first-order chi connectivity index (χ1) is 13.9. The zero-order valence-electron chi connectivity index (χ0n) is 15.3. The molecule has 29 heavy (non-hydrogen) atoms. The molecule has 0 heterocycles. The number of hydrogen-bond acceptors (Lipinski definition) is 7. The zero-order valence-corrected chi connectivity index (χ0v) is 15.3. The first kappa shape index (κ1) is 18.5. The summed E-state index contributed by atoms with van der Waals surface area (Å²) in [4.78, 5) is 48.9. The largest absolute Gasteiger partial charge is 0.398 e. The molecule has 2 aliphatic carbocycles.